The van der Waals surface area contributed by atoms with Crippen molar-refractivity contribution in [3.63, 3.8) is 0 Å². The largest absolute Gasteiger partial charge is 0.312 e. The van der Waals surface area contributed by atoms with Gasteiger partial charge >= 0.3 is 0 Å². The summed E-state index contributed by atoms with van der Waals surface area (Å²) in [7, 11) is -3.81. The lowest BCUT2D eigenvalue weighted by molar-refractivity contribution is -0.117. The van der Waals surface area contributed by atoms with Gasteiger partial charge in [0.25, 0.3) is 10.0 Å². The average Bonchev–Trinajstić information content (AvgIpc) is 3.30. The molecule has 4 rings (SSSR count). The second kappa shape index (κ2) is 7.51. The fraction of sp³-hybridized carbons (Fsp3) is 0.333. The fourth-order valence-corrected chi connectivity index (χ4v) is 4.82. The van der Waals surface area contributed by atoms with E-state index < -0.39 is 10.0 Å². The number of hydrogen-bond acceptors (Lipinski definition) is 4. The molecule has 2 aromatic carbocycles. The van der Waals surface area contributed by atoms with E-state index in [0.29, 0.717) is 43.0 Å². The Kier molecular flexibility index (Phi) is 5.04. The molecule has 0 saturated carbocycles. The lowest BCUT2D eigenvalue weighted by Gasteiger charge is -2.24. The second-order valence-electron chi connectivity index (χ2n) is 7.42. The lowest BCUT2D eigenvalue weighted by atomic mass is 10.2. The van der Waals surface area contributed by atoms with Crippen LogP contribution in [0.25, 0.3) is 0 Å². The molecule has 2 aromatic rings. The predicted octanol–water partition coefficient (Wildman–Crippen LogP) is 3.05. The van der Waals surface area contributed by atoms with Crippen LogP contribution in [0.2, 0.25) is 0 Å². The van der Waals surface area contributed by atoms with Crippen molar-refractivity contribution in [1.82, 2.24) is 0 Å². The molecule has 2 fully saturated rings. The average molecular weight is 413 g/mol. The van der Waals surface area contributed by atoms with Gasteiger partial charge in [-0.1, -0.05) is 17.7 Å². The van der Waals surface area contributed by atoms with E-state index in [0.717, 1.165) is 18.4 Å². The van der Waals surface area contributed by atoms with Gasteiger partial charge in [-0.3, -0.25) is 14.3 Å². The van der Waals surface area contributed by atoms with Crippen LogP contribution >= 0.6 is 0 Å². The maximum Gasteiger partial charge on any atom is 0.261 e. The molecule has 29 heavy (non-hydrogen) atoms. The second-order valence-corrected chi connectivity index (χ2v) is 9.10. The van der Waals surface area contributed by atoms with E-state index in [1.807, 2.05) is 6.92 Å². The van der Waals surface area contributed by atoms with Gasteiger partial charge in [0.1, 0.15) is 0 Å². The third-order valence-electron chi connectivity index (χ3n) is 5.31. The first-order valence-corrected chi connectivity index (χ1v) is 11.2. The normalized spacial score (nSPS) is 17.3. The Morgan fingerprint density at radius 3 is 2.07 bits per heavy atom. The summed E-state index contributed by atoms with van der Waals surface area (Å²) in [5.74, 6) is -0.0117. The molecule has 0 atom stereocenters. The molecule has 152 valence electrons. The zero-order valence-electron chi connectivity index (χ0n) is 16.2. The van der Waals surface area contributed by atoms with E-state index in [1.165, 1.54) is 0 Å². The molecule has 8 heteroatoms. The van der Waals surface area contributed by atoms with Gasteiger partial charge in [0.05, 0.1) is 16.3 Å². The molecule has 2 aliphatic rings. The highest BCUT2D eigenvalue weighted by Gasteiger charge is 2.28. The highest BCUT2D eigenvalue weighted by atomic mass is 32.2. The van der Waals surface area contributed by atoms with E-state index in [1.54, 1.807) is 52.3 Å². The molecule has 2 saturated heterocycles. The molecule has 7 nitrogen and oxygen atoms in total. The maximum absolute atomic E-state index is 12.9. The molecule has 0 aromatic heterocycles. The van der Waals surface area contributed by atoms with E-state index >= 15 is 0 Å². The molecule has 0 spiro atoms. The van der Waals surface area contributed by atoms with Crippen molar-refractivity contribution < 1.29 is 18.0 Å². The Morgan fingerprint density at radius 2 is 1.48 bits per heavy atom. The molecule has 1 N–H and O–H groups in total. The lowest BCUT2D eigenvalue weighted by Crippen LogP contribution is -2.27. The Hall–Kier alpha value is -2.87. The predicted molar refractivity (Wildman–Crippen MR) is 112 cm³/mol. The number of aryl methyl sites for hydroxylation is 1. The third kappa shape index (κ3) is 3.85. The number of nitrogens with one attached hydrogen (secondary N) is 1. The van der Waals surface area contributed by atoms with Gasteiger partial charge in [0, 0.05) is 31.6 Å². The summed E-state index contributed by atoms with van der Waals surface area (Å²) in [6.07, 6.45) is 2.44. The number of carbonyl (C=O) groups is 2. The number of rotatable bonds is 5. The van der Waals surface area contributed by atoms with Gasteiger partial charge < -0.3 is 9.80 Å². The number of hydrogen-bond donors (Lipinski definition) is 1. The van der Waals surface area contributed by atoms with Crippen molar-refractivity contribution in [2.45, 2.75) is 37.5 Å². The third-order valence-corrected chi connectivity index (χ3v) is 6.69. The molecule has 0 bridgehead atoms. The summed E-state index contributed by atoms with van der Waals surface area (Å²) in [4.78, 5) is 27.9. The van der Waals surface area contributed by atoms with Crippen molar-refractivity contribution in [3.05, 3.63) is 48.0 Å². The van der Waals surface area contributed by atoms with Crippen LogP contribution in [-0.2, 0) is 19.6 Å². The molecular formula is C21H23N3O4S. The van der Waals surface area contributed by atoms with E-state index in [4.69, 9.17) is 0 Å². The van der Waals surface area contributed by atoms with E-state index in [-0.39, 0.29) is 16.7 Å². The van der Waals surface area contributed by atoms with Crippen LogP contribution in [0, 0.1) is 6.92 Å². The van der Waals surface area contributed by atoms with Crippen LogP contribution in [0.1, 0.15) is 31.2 Å². The Labute approximate surface area is 170 Å². The Morgan fingerprint density at radius 1 is 0.862 bits per heavy atom. The topological polar surface area (TPSA) is 86.8 Å². The molecular weight excluding hydrogens is 390 g/mol. The molecule has 0 aliphatic carbocycles. The standard InChI is InChI=1S/C21H23N3O4S/c1-15-6-9-17(10-7-15)29(27,28)22-18-11-8-16(23-12-2-4-20(23)25)14-19(18)24-13-3-5-21(24)26/h6-11,14,22H,2-5,12-13H2,1H3. The summed E-state index contributed by atoms with van der Waals surface area (Å²) in [6.45, 7) is 3.04. The van der Waals surface area contributed by atoms with Crippen LogP contribution in [-0.4, -0.2) is 33.3 Å². The molecule has 2 aliphatic heterocycles. The van der Waals surface area contributed by atoms with Gasteiger partial charge in [-0.15, -0.1) is 0 Å². The van der Waals surface area contributed by atoms with Crippen LogP contribution < -0.4 is 14.5 Å². The Bertz CT molecular complexity index is 1060. The van der Waals surface area contributed by atoms with Crippen molar-refractivity contribution in [1.29, 1.82) is 0 Å². The van der Waals surface area contributed by atoms with Gasteiger partial charge in [-0.2, -0.15) is 0 Å². The van der Waals surface area contributed by atoms with Gasteiger partial charge in [-0.25, -0.2) is 8.42 Å². The van der Waals surface area contributed by atoms with Gasteiger partial charge in [0.2, 0.25) is 11.8 Å². The quantitative estimate of drug-likeness (QED) is 0.816. The zero-order valence-corrected chi connectivity index (χ0v) is 17.0. The number of sulfonamides is 1. The fourth-order valence-electron chi connectivity index (χ4n) is 3.74. The van der Waals surface area contributed by atoms with Crippen LogP contribution in [0.3, 0.4) is 0 Å². The number of carbonyl (C=O) groups excluding carboxylic acids is 2. The monoisotopic (exact) mass is 413 g/mol. The van der Waals surface area contributed by atoms with Crippen molar-refractivity contribution in [3.8, 4) is 0 Å². The number of benzene rings is 2. The highest BCUT2D eigenvalue weighted by Crippen LogP contribution is 2.36. The van der Waals surface area contributed by atoms with Gasteiger partial charge in [0.15, 0.2) is 0 Å². The van der Waals surface area contributed by atoms with Crippen LogP contribution in [0.15, 0.2) is 47.4 Å². The molecule has 2 amide bonds. The minimum Gasteiger partial charge on any atom is -0.312 e. The van der Waals surface area contributed by atoms with E-state index in [2.05, 4.69) is 4.72 Å². The summed E-state index contributed by atoms with van der Waals surface area (Å²) in [5, 5.41) is 0. The van der Waals surface area contributed by atoms with Crippen LogP contribution in [0.4, 0.5) is 17.1 Å². The highest BCUT2D eigenvalue weighted by molar-refractivity contribution is 7.92. The first kappa shape index (κ1) is 19.4. The SMILES string of the molecule is Cc1ccc(S(=O)(=O)Nc2ccc(N3CCCC3=O)cc2N2CCCC2=O)cc1. The molecule has 2 heterocycles. The van der Waals surface area contributed by atoms with E-state index in [9.17, 15) is 18.0 Å². The first-order valence-electron chi connectivity index (χ1n) is 9.69. The van der Waals surface area contributed by atoms with Crippen molar-refractivity contribution in [2.24, 2.45) is 0 Å². The minimum atomic E-state index is -3.81. The minimum absolute atomic E-state index is 0.0386. The molecule has 0 unspecified atom stereocenters. The van der Waals surface area contributed by atoms with Crippen molar-refractivity contribution in [2.75, 3.05) is 27.6 Å². The number of amides is 2. The summed E-state index contributed by atoms with van der Waals surface area (Å²) < 4.78 is 28.4. The summed E-state index contributed by atoms with van der Waals surface area (Å²) in [6, 6.07) is 11.7. The number of nitrogens with zero attached hydrogens (tertiary/aromatic N) is 2. The molecule has 0 radical (unpaired) electrons. The zero-order chi connectivity index (χ0) is 20.6. The van der Waals surface area contributed by atoms with Crippen LogP contribution in [0.5, 0.6) is 0 Å². The summed E-state index contributed by atoms with van der Waals surface area (Å²) >= 11 is 0. The maximum atomic E-state index is 12.9. The van der Waals surface area contributed by atoms with Crippen molar-refractivity contribution >= 4 is 38.9 Å². The van der Waals surface area contributed by atoms with Gasteiger partial charge in [-0.05, 0) is 50.1 Å². The number of anilines is 3. The smallest absolute Gasteiger partial charge is 0.261 e. The Balaban J connectivity index is 1.72. The summed E-state index contributed by atoms with van der Waals surface area (Å²) in [5.41, 5.74) is 2.46. The first-order chi connectivity index (χ1) is 13.8.